The van der Waals surface area contributed by atoms with Gasteiger partial charge in [0.15, 0.2) is 5.71 Å². The Bertz CT molecular complexity index is 1210. The third kappa shape index (κ3) is 6.01. The maximum atomic E-state index is 6.29. The van der Waals surface area contributed by atoms with Crippen molar-refractivity contribution in [3.63, 3.8) is 0 Å². The fourth-order valence-electron chi connectivity index (χ4n) is 3.73. The Morgan fingerprint density at radius 2 is 1.30 bits per heavy atom. The number of halogens is 2. The summed E-state index contributed by atoms with van der Waals surface area (Å²) >= 11 is 7.04. The number of ether oxygens (including phenoxy) is 1. The molecule has 0 aromatic heterocycles. The first-order chi connectivity index (χ1) is 16.1. The second kappa shape index (κ2) is 11.0. The van der Waals surface area contributed by atoms with Crippen LogP contribution < -0.4 is 0 Å². The Balaban J connectivity index is 1.66. The normalized spacial score (nSPS) is 16.4. The van der Waals surface area contributed by atoms with Crippen molar-refractivity contribution < 1.29 is 9.31 Å². The standard InChI is InChI=1S/C29H26Br2NO/c1-3-32(4-2)27-16-5-21(6-17-27)7-18-28-19-24(22-8-12-25(30)13-9-22)20-29(33-28)23-10-14-26(31)15-11-23/h5-20H,3-4H2,1-2H3/q+1/b28-18+. The molecule has 4 heteroatoms. The Morgan fingerprint density at radius 1 is 0.727 bits per heavy atom. The predicted octanol–water partition coefficient (Wildman–Crippen LogP) is 8.10. The summed E-state index contributed by atoms with van der Waals surface area (Å²) in [6.07, 6.45) is 17.0. The first-order valence-electron chi connectivity index (χ1n) is 11.1. The molecule has 0 amide bonds. The highest BCUT2D eigenvalue weighted by Crippen LogP contribution is 2.32. The average molecular weight is 564 g/mol. The second-order valence-corrected chi connectivity index (χ2v) is 9.55. The van der Waals surface area contributed by atoms with Gasteiger partial charge in [-0.05, 0) is 85.2 Å². The molecule has 0 atom stereocenters. The van der Waals surface area contributed by atoms with Gasteiger partial charge in [0.1, 0.15) is 24.6 Å². The topological polar surface area (TPSA) is 12.2 Å². The zero-order valence-corrected chi connectivity index (χ0v) is 21.9. The van der Waals surface area contributed by atoms with Crippen molar-refractivity contribution in [2.75, 3.05) is 13.1 Å². The molecule has 2 nitrogen and oxygen atoms in total. The van der Waals surface area contributed by atoms with Gasteiger partial charge < -0.3 is 4.74 Å². The van der Waals surface area contributed by atoms with E-state index in [2.05, 4.69) is 129 Å². The number of hydrogen-bond acceptors (Lipinski definition) is 1. The van der Waals surface area contributed by atoms with Crippen LogP contribution in [0.1, 0.15) is 25.0 Å². The predicted molar refractivity (Wildman–Crippen MR) is 146 cm³/mol. The van der Waals surface area contributed by atoms with Crippen molar-refractivity contribution in [2.24, 2.45) is 0 Å². The van der Waals surface area contributed by atoms with E-state index in [4.69, 9.17) is 4.74 Å². The summed E-state index contributed by atoms with van der Waals surface area (Å²) in [4.78, 5) is 0. The second-order valence-electron chi connectivity index (χ2n) is 7.72. The van der Waals surface area contributed by atoms with Crippen molar-refractivity contribution in [1.29, 1.82) is 0 Å². The van der Waals surface area contributed by atoms with Gasteiger partial charge in [-0.15, -0.1) is 0 Å². The zero-order valence-electron chi connectivity index (χ0n) is 18.8. The fourth-order valence-corrected chi connectivity index (χ4v) is 4.26. The van der Waals surface area contributed by atoms with Crippen molar-refractivity contribution in [3.8, 4) is 0 Å². The number of benzene rings is 2. The molecule has 1 aliphatic heterocycles. The van der Waals surface area contributed by atoms with E-state index >= 15 is 0 Å². The Kier molecular flexibility index (Phi) is 7.79. The van der Waals surface area contributed by atoms with Gasteiger partial charge in [0.2, 0.25) is 0 Å². The quantitative estimate of drug-likeness (QED) is 0.335. The molecular formula is C29H26Br2NO+. The van der Waals surface area contributed by atoms with Crippen LogP contribution in [0.25, 0.3) is 11.3 Å². The van der Waals surface area contributed by atoms with E-state index in [1.807, 2.05) is 18.2 Å². The lowest BCUT2D eigenvalue weighted by atomic mass is 10.0. The van der Waals surface area contributed by atoms with E-state index in [9.17, 15) is 0 Å². The summed E-state index contributed by atoms with van der Waals surface area (Å²) < 4.78 is 10.7. The minimum Gasteiger partial charge on any atom is -0.457 e. The molecule has 2 aromatic carbocycles. The Hall–Kier alpha value is -2.69. The first kappa shape index (κ1) is 23.5. The van der Waals surface area contributed by atoms with Crippen molar-refractivity contribution >= 4 is 48.9 Å². The largest absolute Gasteiger partial charge is 0.457 e. The highest BCUT2D eigenvalue weighted by Gasteiger charge is 2.14. The molecule has 0 spiro atoms. The number of nitrogens with zero attached hydrogens (tertiary/aromatic N) is 1. The molecule has 1 heterocycles. The van der Waals surface area contributed by atoms with Gasteiger partial charge in [0.05, 0.1) is 0 Å². The summed E-state index contributed by atoms with van der Waals surface area (Å²) in [7, 11) is 0. The van der Waals surface area contributed by atoms with Crippen LogP contribution in [0.2, 0.25) is 0 Å². The minimum absolute atomic E-state index is 0.807. The molecule has 2 aliphatic rings. The van der Waals surface area contributed by atoms with Gasteiger partial charge in [-0.3, -0.25) is 0 Å². The van der Waals surface area contributed by atoms with Crippen LogP contribution in [0.4, 0.5) is 0 Å². The molecule has 1 aliphatic carbocycles. The van der Waals surface area contributed by atoms with Gasteiger partial charge in [-0.2, -0.15) is 0 Å². The van der Waals surface area contributed by atoms with Crippen LogP contribution in [-0.4, -0.2) is 23.4 Å². The van der Waals surface area contributed by atoms with Crippen LogP contribution >= 0.6 is 31.9 Å². The monoisotopic (exact) mass is 562 g/mol. The molecule has 166 valence electrons. The molecule has 0 unspecified atom stereocenters. The van der Waals surface area contributed by atoms with Crippen LogP contribution in [-0.2, 0) is 4.74 Å². The summed E-state index contributed by atoms with van der Waals surface area (Å²) in [6, 6.07) is 16.5. The van der Waals surface area contributed by atoms with Crippen LogP contribution in [0.15, 0.2) is 117 Å². The molecule has 2 aromatic rings. The molecular weight excluding hydrogens is 538 g/mol. The summed E-state index contributed by atoms with van der Waals surface area (Å²) in [5, 5.41) is 0. The molecule has 0 fully saturated rings. The van der Waals surface area contributed by atoms with E-state index in [1.165, 1.54) is 5.71 Å². The Labute approximate surface area is 212 Å². The lowest BCUT2D eigenvalue weighted by Gasteiger charge is -2.18. The van der Waals surface area contributed by atoms with Crippen molar-refractivity contribution in [1.82, 2.24) is 0 Å². The summed E-state index contributed by atoms with van der Waals surface area (Å²) in [6.45, 7) is 6.37. The van der Waals surface area contributed by atoms with E-state index in [0.29, 0.717) is 0 Å². The van der Waals surface area contributed by atoms with E-state index < -0.39 is 0 Å². The maximum Gasteiger partial charge on any atom is 0.199 e. The van der Waals surface area contributed by atoms with Gasteiger partial charge in [0, 0.05) is 26.7 Å². The van der Waals surface area contributed by atoms with Crippen LogP contribution in [0.3, 0.4) is 0 Å². The van der Waals surface area contributed by atoms with E-state index in [0.717, 1.165) is 55.8 Å². The van der Waals surface area contributed by atoms with E-state index in [1.54, 1.807) is 0 Å². The van der Waals surface area contributed by atoms with Crippen molar-refractivity contribution in [3.05, 3.63) is 129 Å². The highest BCUT2D eigenvalue weighted by atomic mass is 79.9. The molecule has 4 rings (SSSR count). The highest BCUT2D eigenvalue weighted by molar-refractivity contribution is 9.10. The van der Waals surface area contributed by atoms with Crippen molar-refractivity contribution in [2.45, 2.75) is 13.8 Å². The molecule has 33 heavy (non-hydrogen) atoms. The van der Waals surface area contributed by atoms with Crippen LogP contribution in [0.5, 0.6) is 0 Å². The zero-order chi connectivity index (χ0) is 23.2. The average Bonchev–Trinajstić information content (AvgIpc) is 2.85. The molecule has 0 radical (unpaired) electrons. The summed E-state index contributed by atoms with van der Waals surface area (Å²) in [5.74, 6) is 1.64. The van der Waals surface area contributed by atoms with Gasteiger partial charge >= 0.3 is 0 Å². The Morgan fingerprint density at radius 3 is 1.88 bits per heavy atom. The minimum atomic E-state index is 0.807. The third-order valence-corrected chi connectivity index (χ3v) is 6.64. The molecule has 0 saturated carbocycles. The SMILES string of the molecule is CC[N+](CC)=C1C=CC(=C/C=C2\C=C(c3ccc(Br)cc3)C=C(c3ccc(Br)cc3)O2)C=C1. The van der Waals surface area contributed by atoms with Gasteiger partial charge in [0.25, 0.3) is 0 Å². The lowest BCUT2D eigenvalue weighted by molar-refractivity contribution is -0.519. The fraction of sp³-hybridized carbons (Fsp3) is 0.138. The lowest BCUT2D eigenvalue weighted by Crippen LogP contribution is -2.18. The molecule has 0 bridgehead atoms. The van der Waals surface area contributed by atoms with Gasteiger partial charge in [-0.1, -0.05) is 62.2 Å². The third-order valence-electron chi connectivity index (χ3n) is 5.58. The van der Waals surface area contributed by atoms with Crippen LogP contribution in [0, 0.1) is 0 Å². The maximum absolute atomic E-state index is 6.29. The summed E-state index contributed by atoms with van der Waals surface area (Å²) in [5.41, 5.74) is 5.68. The van der Waals surface area contributed by atoms with E-state index in [-0.39, 0.29) is 0 Å². The number of hydrogen-bond donors (Lipinski definition) is 0. The smallest absolute Gasteiger partial charge is 0.199 e. The number of rotatable bonds is 5. The molecule has 0 saturated heterocycles. The molecule has 0 N–H and O–H groups in total. The van der Waals surface area contributed by atoms with Gasteiger partial charge in [-0.25, -0.2) is 4.58 Å². The number of allylic oxidation sites excluding steroid dienone is 10. The first-order valence-corrected chi connectivity index (χ1v) is 12.7.